The second-order valence-corrected chi connectivity index (χ2v) is 7.62. The van der Waals surface area contributed by atoms with E-state index in [0.717, 1.165) is 53.2 Å². The van der Waals surface area contributed by atoms with Crippen molar-refractivity contribution in [1.82, 2.24) is 9.99 Å². The van der Waals surface area contributed by atoms with Crippen LogP contribution in [0.5, 0.6) is 0 Å². The maximum absolute atomic E-state index is 11.9. The average Bonchev–Trinajstić information content (AvgIpc) is 3.04. The number of thiocarbonyl (C=S) groups is 1. The van der Waals surface area contributed by atoms with Crippen LogP contribution in [-0.2, 0) is 12.8 Å². The minimum absolute atomic E-state index is 0.101. The zero-order valence-corrected chi connectivity index (χ0v) is 15.8. The van der Waals surface area contributed by atoms with E-state index in [0.29, 0.717) is 5.56 Å². The van der Waals surface area contributed by atoms with E-state index in [1.807, 2.05) is 24.5 Å². The molecule has 2 aromatic heterocycles. The molecule has 0 fully saturated rings. The Morgan fingerprint density at radius 1 is 1.44 bits per heavy atom. The highest BCUT2D eigenvalue weighted by Gasteiger charge is 2.27. The Balaban J connectivity index is 2.10. The van der Waals surface area contributed by atoms with Crippen LogP contribution in [0.1, 0.15) is 50.6 Å². The largest absolute Gasteiger partial charge is 0.478 e. The van der Waals surface area contributed by atoms with Gasteiger partial charge in [-0.05, 0) is 63.4 Å². The molecule has 0 amide bonds. The molecular formula is C17H20N4O2S2. The number of hydrogen-bond donors (Lipinski definition) is 3. The maximum Gasteiger partial charge on any atom is 0.339 e. The predicted octanol–water partition coefficient (Wildman–Crippen LogP) is 2.90. The number of rotatable bonds is 4. The zero-order chi connectivity index (χ0) is 18.1. The van der Waals surface area contributed by atoms with Gasteiger partial charge in [0.2, 0.25) is 0 Å². The molecule has 0 saturated heterocycles. The van der Waals surface area contributed by atoms with E-state index >= 15 is 0 Å². The minimum Gasteiger partial charge on any atom is -0.478 e. The number of carbonyl (C=O) groups is 1. The van der Waals surface area contributed by atoms with Crippen molar-refractivity contribution in [3.8, 4) is 5.00 Å². The third-order valence-corrected chi connectivity index (χ3v) is 5.79. The van der Waals surface area contributed by atoms with Gasteiger partial charge in [-0.3, -0.25) is 5.43 Å². The van der Waals surface area contributed by atoms with Crippen LogP contribution in [0, 0.1) is 13.8 Å². The number of thiophene rings is 1. The van der Waals surface area contributed by atoms with E-state index < -0.39 is 5.97 Å². The van der Waals surface area contributed by atoms with Gasteiger partial charge in [-0.15, -0.1) is 11.3 Å². The summed E-state index contributed by atoms with van der Waals surface area (Å²) in [6.45, 7) is 3.93. The highest BCUT2D eigenvalue weighted by Crippen LogP contribution is 2.38. The lowest BCUT2D eigenvalue weighted by molar-refractivity contribution is 0.0696. The molecule has 0 aliphatic heterocycles. The SMILES string of the molecule is Cc1cc(C=NNC(N)=S)c(C)n1-c1sc2c(c1C(=O)O)CCCC2. The standard InChI is InChI=1S/C17H20N4O2S2/c1-9-7-11(8-19-20-17(18)24)10(2)21(9)15-14(16(22)23)12-5-3-4-6-13(12)25-15/h7-8H,3-6H2,1-2H3,(H,22,23)(H3,18,20,24). The first-order chi connectivity index (χ1) is 11.9. The van der Waals surface area contributed by atoms with Crippen LogP contribution in [0.25, 0.3) is 5.00 Å². The molecule has 4 N–H and O–H groups in total. The molecule has 8 heteroatoms. The molecule has 3 rings (SSSR count). The predicted molar refractivity (Wildman–Crippen MR) is 104 cm³/mol. The lowest BCUT2D eigenvalue weighted by atomic mass is 9.95. The van der Waals surface area contributed by atoms with Crippen LogP contribution in [0.3, 0.4) is 0 Å². The first-order valence-electron chi connectivity index (χ1n) is 8.05. The molecule has 1 aliphatic rings. The van der Waals surface area contributed by atoms with Gasteiger partial charge in [0.1, 0.15) is 5.00 Å². The summed E-state index contributed by atoms with van der Waals surface area (Å²) < 4.78 is 2.01. The first kappa shape index (κ1) is 17.6. The molecular weight excluding hydrogens is 356 g/mol. The van der Waals surface area contributed by atoms with Crippen molar-refractivity contribution < 1.29 is 9.90 Å². The molecule has 2 heterocycles. The summed E-state index contributed by atoms with van der Waals surface area (Å²) in [7, 11) is 0. The summed E-state index contributed by atoms with van der Waals surface area (Å²) >= 11 is 6.33. The Kier molecular flexibility index (Phi) is 4.91. The number of carboxylic acids is 1. The van der Waals surface area contributed by atoms with Crippen molar-refractivity contribution in [3.63, 3.8) is 0 Å². The zero-order valence-electron chi connectivity index (χ0n) is 14.1. The maximum atomic E-state index is 11.9. The van der Waals surface area contributed by atoms with Crippen molar-refractivity contribution in [2.24, 2.45) is 10.8 Å². The van der Waals surface area contributed by atoms with E-state index in [2.05, 4.69) is 10.5 Å². The Morgan fingerprint density at radius 2 is 2.16 bits per heavy atom. The molecule has 0 radical (unpaired) electrons. The van der Waals surface area contributed by atoms with Crippen LogP contribution in [0.4, 0.5) is 0 Å². The number of carboxylic acid groups (broad SMARTS) is 1. The molecule has 0 atom stereocenters. The number of nitrogens with two attached hydrogens (primary N) is 1. The quantitative estimate of drug-likeness (QED) is 0.433. The molecule has 2 aromatic rings. The van der Waals surface area contributed by atoms with Gasteiger partial charge in [0.25, 0.3) is 0 Å². The number of hydrazone groups is 1. The smallest absolute Gasteiger partial charge is 0.339 e. The highest BCUT2D eigenvalue weighted by molar-refractivity contribution is 7.80. The number of aryl methyl sites for hydroxylation is 2. The lowest BCUT2D eigenvalue weighted by Gasteiger charge is -2.11. The molecule has 0 unspecified atom stereocenters. The number of fused-ring (bicyclic) bond motifs is 1. The lowest BCUT2D eigenvalue weighted by Crippen LogP contribution is -2.24. The first-order valence-corrected chi connectivity index (χ1v) is 9.28. The number of aromatic carboxylic acids is 1. The summed E-state index contributed by atoms with van der Waals surface area (Å²) in [6, 6.07) is 1.98. The summed E-state index contributed by atoms with van der Waals surface area (Å²) in [6.07, 6.45) is 5.63. The van der Waals surface area contributed by atoms with Gasteiger partial charge < -0.3 is 15.4 Å². The summed E-state index contributed by atoms with van der Waals surface area (Å²) in [4.78, 5) is 13.1. The van der Waals surface area contributed by atoms with Crippen molar-refractivity contribution in [3.05, 3.63) is 39.0 Å². The van der Waals surface area contributed by atoms with Crippen LogP contribution >= 0.6 is 23.6 Å². The van der Waals surface area contributed by atoms with E-state index in [1.54, 1.807) is 17.6 Å². The fraction of sp³-hybridized carbons (Fsp3) is 0.353. The average molecular weight is 377 g/mol. The molecule has 6 nitrogen and oxygen atoms in total. The second-order valence-electron chi connectivity index (χ2n) is 6.09. The Morgan fingerprint density at radius 3 is 2.84 bits per heavy atom. The molecule has 25 heavy (non-hydrogen) atoms. The summed E-state index contributed by atoms with van der Waals surface area (Å²) in [5, 5.41) is 14.7. The van der Waals surface area contributed by atoms with Crippen LogP contribution in [0.15, 0.2) is 11.2 Å². The van der Waals surface area contributed by atoms with Gasteiger partial charge in [-0.2, -0.15) is 5.10 Å². The van der Waals surface area contributed by atoms with Gasteiger partial charge >= 0.3 is 5.97 Å². The molecule has 1 aliphatic carbocycles. The van der Waals surface area contributed by atoms with Gasteiger partial charge in [-0.1, -0.05) is 0 Å². The Labute approximate surface area is 155 Å². The monoisotopic (exact) mass is 376 g/mol. The van der Waals surface area contributed by atoms with E-state index in [4.69, 9.17) is 18.0 Å². The van der Waals surface area contributed by atoms with Crippen LogP contribution < -0.4 is 11.2 Å². The second kappa shape index (κ2) is 6.97. The minimum atomic E-state index is -0.854. The molecule has 0 aromatic carbocycles. The molecule has 0 saturated carbocycles. The van der Waals surface area contributed by atoms with Gasteiger partial charge in [-0.25, -0.2) is 4.79 Å². The highest BCUT2D eigenvalue weighted by atomic mass is 32.1. The normalized spacial score (nSPS) is 13.8. The summed E-state index contributed by atoms with van der Waals surface area (Å²) in [5.41, 5.74) is 12.2. The Hall–Kier alpha value is -2.19. The van der Waals surface area contributed by atoms with Crippen molar-refractivity contribution in [2.45, 2.75) is 39.5 Å². The summed E-state index contributed by atoms with van der Waals surface area (Å²) in [5.74, 6) is -0.854. The van der Waals surface area contributed by atoms with Crippen LogP contribution in [0.2, 0.25) is 0 Å². The third kappa shape index (κ3) is 3.32. The van der Waals surface area contributed by atoms with Crippen molar-refractivity contribution >= 4 is 40.9 Å². The van der Waals surface area contributed by atoms with Gasteiger partial charge in [0, 0.05) is 21.8 Å². The van der Waals surface area contributed by atoms with Crippen molar-refractivity contribution in [1.29, 1.82) is 0 Å². The van der Waals surface area contributed by atoms with E-state index in [1.165, 1.54) is 4.88 Å². The fourth-order valence-electron chi connectivity index (χ4n) is 3.33. The fourth-order valence-corrected chi connectivity index (χ4v) is 4.87. The molecule has 0 bridgehead atoms. The van der Waals surface area contributed by atoms with E-state index in [-0.39, 0.29) is 5.11 Å². The molecule has 132 valence electrons. The number of aromatic nitrogens is 1. The molecule has 0 spiro atoms. The van der Waals surface area contributed by atoms with Gasteiger partial charge in [0.05, 0.1) is 11.8 Å². The van der Waals surface area contributed by atoms with Crippen LogP contribution in [-0.4, -0.2) is 27.0 Å². The number of nitrogens with one attached hydrogen (secondary N) is 1. The number of nitrogens with zero attached hydrogens (tertiary/aromatic N) is 2. The third-order valence-electron chi connectivity index (χ3n) is 4.42. The van der Waals surface area contributed by atoms with Crippen molar-refractivity contribution in [2.75, 3.05) is 0 Å². The van der Waals surface area contributed by atoms with Gasteiger partial charge in [0.15, 0.2) is 5.11 Å². The topological polar surface area (TPSA) is 92.6 Å². The van der Waals surface area contributed by atoms with E-state index in [9.17, 15) is 9.90 Å². The number of hydrogen-bond acceptors (Lipinski definition) is 4. The Bertz CT molecular complexity index is 880.